The predicted molar refractivity (Wildman–Crippen MR) is 97.3 cm³/mol. The van der Waals surface area contributed by atoms with E-state index in [1.165, 1.54) is 21.0 Å². The summed E-state index contributed by atoms with van der Waals surface area (Å²) in [5, 5.41) is 1.27. The first-order valence-corrected chi connectivity index (χ1v) is 8.64. The van der Waals surface area contributed by atoms with Crippen molar-refractivity contribution in [3.05, 3.63) is 18.3 Å². The fraction of sp³-hybridized carbons (Fsp3) is 0.421. The van der Waals surface area contributed by atoms with Crippen molar-refractivity contribution in [1.29, 1.82) is 0 Å². The lowest BCUT2D eigenvalue weighted by Gasteiger charge is -2.23. The molecule has 8 heteroatoms. The molecule has 1 aromatic heterocycles. The van der Waals surface area contributed by atoms with E-state index in [1.54, 1.807) is 6.07 Å². The van der Waals surface area contributed by atoms with Gasteiger partial charge in [-0.25, -0.2) is 4.57 Å². The van der Waals surface area contributed by atoms with Gasteiger partial charge in [0, 0.05) is 31.4 Å². The summed E-state index contributed by atoms with van der Waals surface area (Å²) in [4.78, 5) is 25.4. The van der Waals surface area contributed by atoms with E-state index in [1.807, 2.05) is 23.9 Å². The van der Waals surface area contributed by atoms with E-state index in [0.29, 0.717) is 41.2 Å². The van der Waals surface area contributed by atoms with Crippen LogP contribution in [0.4, 0.5) is 5.82 Å². The van der Waals surface area contributed by atoms with E-state index < -0.39 is 11.9 Å². The van der Waals surface area contributed by atoms with Crippen molar-refractivity contribution in [2.24, 2.45) is 7.05 Å². The van der Waals surface area contributed by atoms with Crippen molar-refractivity contribution in [2.75, 3.05) is 38.3 Å². The Morgan fingerprint density at radius 2 is 1.70 bits per heavy atom. The van der Waals surface area contributed by atoms with Crippen molar-refractivity contribution in [2.45, 2.75) is 13.8 Å². The molecular formula is C19H23N2O6+. The average Bonchev–Trinajstić information content (AvgIpc) is 2.63. The third-order valence-electron chi connectivity index (χ3n) is 4.30. The van der Waals surface area contributed by atoms with Crippen LogP contribution < -0.4 is 23.7 Å². The van der Waals surface area contributed by atoms with Crippen LogP contribution >= 0.6 is 0 Å². The van der Waals surface area contributed by atoms with Gasteiger partial charge in [-0.3, -0.25) is 14.5 Å². The minimum Gasteiger partial charge on any atom is -0.493 e. The topological polar surface area (TPSA) is 78.2 Å². The molecule has 8 nitrogen and oxygen atoms in total. The number of fused-ring (bicyclic) bond motifs is 1. The van der Waals surface area contributed by atoms with E-state index in [2.05, 4.69) is 4.90 Å². The number of rotatable bonds is 4. The fourth-order valence-corrected chi connectivity index (χ4v) is 3.16. The quantitative estimate of drug-likeness (QED) is 0.454. The van der Waals surface area contributed by atoms with Gasteiger partial charge in [0.2, 0.25) is 0 Å². The third kappa shape index (κ3) is 3.95. The van der Waals surface area contributed by atoms with Crippen LogP contribution in [0.2, 0.25) is 0 Å². The second-order valence-corrected chi connectivity index (χ2v) is 6.26. The minimum absolute atomic E-state index is 0.292. The first-order chi connectivity index (χ1) is 12.9. The number of methoxy groups -OCH3 is 1. The minimum atomic E-state index is -0.463. The molecular weight excluding hydrogens is 352 g/mol. The molecule has 0 radical (unpaired) electrons. The number of aryl methyl sites for hydroxylation is 1. The van der Waals surface area contributed by atoms with Crippen molar-refractivity contribution in [3.63, 3.8) is 0 Å². The number of carbonyl (C=O) groups excluding carboxylic acids is 2. The lowest BCUT2D eigenvalue weighted by Crippen LogP contribution is -2.44. The largest absolute Gasteiger partial charge is 0.493 e. The first-order valence-electron chi connectivity index (χ1n) is 8.64. The zero-order valence-electron chi connectivity index (χ0n) is 15.9. The molecule has 0 saturated carbocycles. The van der Waals surface area contributed by atoms with Gasteiger partial charge in [0.15, 0.2) is 11.5 Å². The summed E-state index contributed by atoms with van der Waals surface area (Å²) in [6.45, 7) is 5.48. The summed E-state index contributed by atoms with van der Waals surface area (Å²) in [6, 6.07) is 3.48. The third-order valence-corrected chi connectivity index (χ3v) is 4.30. The Labute approximate surface area is 157 Å². The summed E-state index contributed by atoms with van der Waals surface area (Å²) in [7, 11) is 3.38. The Kier molecular flexibility index (Phi) is 5.46. The number of benzene rings is 1. The monoisotopic (exact) mass is 375 g/mol. The number of ether oxygens (including phenoxy) is 4. The highest BCUT2D eigenvalue weighted by Crippen LogP contribution is 2.42. The van der Waals surface area contributed by atoms with Gasteiger partial charge < -0.3 is 18.9 Å². The molecule has 3 rings (SSSR count). The molecule has 0 spiro atoms. The Hall–Kier alpha value is -2.87. The average molecular weight is 375 g/mol. The van der Waals surface area contributed by atoms with Crippen molar-refractivity contribution >= 4 is 28.5 Å². The fourth-order valence-electron chi connectivity index (χ4n) is 3.16. The van der Waals surface area contributed by atoms with Crippen molar-refractivity contribution < 1.29 is 33.1 Å². The maximum Gasteiger partial charge on any atom is 0.308 e. The van der Waals surface area contributed by atoms with Crippen molar-refractivity contribution in [1.82, 2.24) is 0 Å². The van der Waals surface area contributed by atoms with Crippen LogP contribution in [-0.2, 0) is 21.4 Å². The van der Waals surface area contributed by atoms with Crippen LogP contribution in [0.3, 0.4) is 0 Å². The molecule has 0 unspecified atom stereocenters. The number of anilines is 1. The molecule has 0 N–H and O–H groups in total. The normalized spacial score (nSPS) is 14.1. The zero-order valence-corrected chi connectivity index (χ0v) is 15.9. The van der Waals surface area contributed by atoms with Crippen LogP contribution in [0, 0.1) is 0 Å². The summed E-state index contributed by atoms with van der Waals surface area (Å²) in [5.74, 6) is 0.987. The van der Waals surface area contributed by atoms with Crippen LogP contribution in [0.15, 0.2) is 18.3 Å². The van der Waals surface area contributed by atoms with E-state index in [4.69, 9.17) is 18.9 Å². The Morgan fingerprint density at radius 3 is 2.30 bits per heavy atom. The van der Waals surface area contributed by atoms with Gasteiger partial charge in [-0.1, -0.05) is 0 Å². The molecule has 1 aliphatic heterocycles. The molecule has 1 aromatic carbocycles. The van der Waals surface area contributed by atoms with Gasteiger partial charge in [0.25, 0.3) is 5.82 Å². The van der Waals surface area contributed by atoms with Gasteiger partial charge in [-0.2, -0.15) is 0 Å². The van der Waals surface area contributed by atoms with E-state index in [0.717, 1.165) is 18.9 Å². The summed E-state index contributed by atoms with van der Waals surface area (Å²) < 4.78 is 23.5. The van der Waals surface area contributed by atoms with Gasteiger partial charge in [0.1, 0.15) is 25.0 Å². The molecule has 1 saturated heterocycles. The van der Waals surface area contributed by atoms with Crippen molar-refractivity contribution in [3.8, 4) is 17.2 Å². The number of nitrogens with zero attached hydrogens (tertiary/aromatic N) is 2. The summed E-state index contributed by atoms with van der Waals surface area (Å²) >= 11 is 0. The number of esters is 2. The highest BCUT2D eigenvalue weighted by molar-refractivity contribution is 5.98. The highest BCUT2D eigenvalue weighted by atomic mass is 16.6. The molecule has 1 fully saturated rings. The Balaban J connectivity index is 2.25. The molecule has 27 heavy (non-hydrogen) atoms. The van der Waals surface area contributed by atoms with Crippen LogP contribution in [0.1, 0.15) is 13.8 Å². The number of hydrogen-bond acceptors (Lipinski definition) is 7. The van der Waals surface area contributed by atoms with Gasteiger partial charge in [-0.15, -0.1) is 0 Å². The standard InChI is InChI=1S/C19H23N2O6/c1-12(22)26-16-10-17(24-4)19(27-13(2)23)15-11-20(3)18(9-14(15)16)21-5-7-25-8-6-21/h9-11H,5-8H2,1-4H3/q+1. The van der Waals surface area contributed by atoms with Crippen LogP contribution in [-0.4, -0.2) is 45.4 Å². The Bertz CT molecular complexity index is 890. The molecule has 144 valence electrons. The highest BCUT2D eigenvalue weighted by Gasteiger charge is 2.26. The molecule has 2 aromatic rings. The van der Waals surface area contributed by atoms with Crippen LogP contribution in [0.25, 0.3) is 10.8 Å². The van der Waals surface area contributed by atoms with E-state index >= 15 is 0 Å². The van der Waals surface area contributed by atoms with E-state index in [-0.39, 0.29) is 0 Å². The second-order valence-electron chi connectivity index (χ2n) is 6.26. The molecule has 0 aliphatic carbocycles. The summed E-state index contributed by atoms with van der Waals surface area (Å²) in [5.41, 5.74) is 0. The van der Waals surface area contributed by atoms with Gasteiger partial charge in [0.05, 0.1) is 32.8 Å². The number of carbonyl (C=O) groups is 2. The number of morpholine rings is 1. The molecule has 1 aliphatic rings. The van der Waals surface area contributed by atoms with E-state index in [9.17, 15) is 9.59 Å². The SMILES string of the molecule is COc1cc(OC(C)=O)c2cc(N3CCOCC3)[n+](C)cc2c1OC(C)=O. The number of hydrogen-bond donors (Lipinski definition) is 0. The van der Waals surface area contributed by atoms with Gasteiger partial charge >= 0.3 is 11.9 Å². The maximum atomic E-state index is 11.6. The zero-order chi connectivity index (χ0) is 19.6. The Morgan fingerprint density at radius 1 is 1.04 bits per heavy atom. The summed E-state index contributed by atoms with van der Waals surface area (Å²) in [6.07, 6.45) is 1.84. The molecule has 0 amide bonds. The number of pyridine rings is 1. The van der Waals surface area contributed by atoms with Gasteiger partial charge in [-0.05, 0) is 0 Å². The molecule has 0 bridgehead atoms. The molecule has 2 heterocycles. The lowest BCUT2D eigenvalue weighted by atomic mass is 10.1. The smallest absolute Gasteiger partial charge is 0.308 e. The first kappa shape index (κ1) is 18.9. The van der Waals surface area contributed by atoms with Crippen LogP contribution in [0.5, 0.6) is 17.2 Å². The molecule has 0 atom stereocenters. The number of aromatic nitrogens is 1. The maximum absolute atomic E-state index is 11.6. The predicted octanol–water partition coefficient (Wildman–Crippen LogP) is 1.36. The lowest BCUT2D eigenvalue weighted by molar-refractivity contribution is -0.657. The second kappa shape index (κ2) is 7.79.